The Bertz CT molecular complexity index is 418. The Morgan fingerprint density at radius 3 is 2.72 bits per heavy atom. The fourth-order valence-electron chi connectivity index (χ4n) is 1.53. The molecule has 0 aliphatic heterocycles. The van der Waals surface area contributed by atoms with Crippen molar-refractivity contribution >= 4 is 11.9 Å². The molecule has 0 atom stereocenters. The molecule has 0 saturated carbocycles. The van der Waals surface area contributed by atoms with Crippen molar-refractivity contribution in [1.29, 1.82) is 0 Å². The van der Waals surface area contributed by atoms with E-state index in [9.17, 15) is 9.59 Å². The van der Waals surface area contributed by atoms with Crippen LogP contribution in [0.5, 0.6) is 0 Å². The van der Waals surface area contributed by atoms with Crippen LogP contribution in [0, 0.1) is 6.92 Å². The minimum absolute atomic E-state index is 0.0522. The van der Waals surface area contributed by atoms with Crippen LogP contribution < -0.4 is 5.32 Å². The highest BCUT2D eigenvalue weighted by atomic mass is 16.4. The fraction of sp³-hybridized carbons (Fsp3) is 0.462. The summed E-state index contributed by atoms with van der Waals surface area (Å²) in [6, 6.07) is 1.90. The Hall–Kier alpha value is -1.91. The minimum Gasteiger partial charge on any atom is -0.481 e. The van der Waals surface area contributed by atoms with E-state index >= 15 is 0 Å². The van der Waals surface area contributed by atoms with E-state index in [-0.39, 0.29) is 12.3 Å². The van der Waals surface area contributed by atoms with E-state index in [1.54, 1.807) is 12.4 Å². The summed E-state index contributed by atoms with van der Waals surface area (Å²) in [6.45, 7) is 2.44. The molecule has 5 heteroatoms. The van der Waals surface area contributed by atoms with Gasteiger partial charge in [-0.05, 0) is 37.0 Å². The monoisotopic (exact) mass is 250 g/mol. The number of nitrogens with zero attached hydrogens (tertiary/aromatic N) is 1. The third kappa shape index (κ3) is 5.43. The van der Waals surface area contributed by atoms with Crippen molar-refractivity contribution in [2.45, 2.75) is 39.2 Å². The van der Waals surface area contributed by atoms with Gasteiger partial charge in [0.2, 0.25) is 5.91 Å². The Labute approximate surface area is 106 Å². The molecule has 18 heavy (non-hydrogen) atoms. The van der Waals surface area contributed by atoms with Crippen LogP contribution in [0.25, 0.3) is 0 Å². The number of aliphatic carboxylic acids is 1. The summed E-state index contributed by atoms with van der Waals surface area (Å²) >= 11 is 0. The average Bonchev–Trinajstić information content (AvgIpc) is 2.33. The molecule has 1 heterocycles. The lowest BCUT2D eigenvalue weighted by molar-refractivity contribution is -0.137. The molecule has 1 rings (SSSR count). The van der Waals surface area contributed by atoms with Crippen LogP contribution in [0.15, 0.2) is 18.5 Å². The SMILES string of the molecule is Cc1ccncc1CNC(=O)CCCCC(=O)O. The molecule has 0 aliphatic rings. The first-order valence-electron chi connectivity index (χ1n) is 5.97. The number of carbonyl (C=O) groups excluding carboxylic acids is 1. The van der Waals surface area contributed by atoms with Gasteiger partial charge in [0, 0.05) is 31.8 Å². The van der Waals surface area contributed by atoms with E-state index in [0.717, 1.165) is 11.1 Å². The largest absolute Gasteiger partial charge is 0.481 e. The van der Waals surface area contributed by atoms with E-state index in [2.05, 4.69) is 10.3 Å². The van der Waals surface area contributed by atoms with Crippen molar-refractivity contribution in [1.82, 2.24) is 10.3 Å². The molecule has 1 aromatic heterocycles. The topological polar surface area (TPSA) is 79.3 Å². The molecule has 0 aliphatic carbocycles. The maximum Gasteiger partial charge on any atom is 0.303 e. The van der Waals surface area contributed by atoms with Gasteiger partial charge in [0.1, 0.15) is 0 Å². The van der Waals surface area contributed by atoms with Gasteiger partial charge in [0.05, 0.1) is 0 Å². The number of carbonyl (C=O) groups is 2. The first kappa shape index (κ1) is 14.2. The predicted molar refractivity (Wildman–Crippen MR) is 66.9 cm³/mol. The number of hydrogen-bond donors (Lipinski definition) is 2. The second kappa shape index (κ2) is 7.42. The minimum atomic E-state index is -0.818. The van der Waals surface area contributed by atoms with Crippen LogP contribution in [0.1, 0.15) is 36.8 Å². The molecule has 2 N–H and O–H groups in total. The quantitative estimate of drug-likeness (QED) is 0.721. The Kier molecular flexibility index (Phi) is 5.84. The highest BCUT2D eigenvalue weighted by Crippen LogP contribution is 2.05. The lowest BCUT2D eigenvalue weighted by Gasteiger charge is -2.07. The van der Waals surface area contributed by atoms with Gasteiger partial charge >= 0.3 is 5.97 Å². The molecular weight excluding hydrogens is 232 g/mol. The summed E-state index contributed by atoms with van der Waals surface area (Å²) in [7, 11) is 0. The highest BCUT2D eigenvalue weighted by molar-refractivity contribution is 5.75. The normalized spacial score (nSPS) is 10.1. The fourth-order valence-corrected chi connectivity index (χ4v) is 1.53. The molecule has 1 aromatic rings. The van der Waals surface area contributed by atoms with Gasteiger partial charge in [-0.1, -0.05) is 0 Å². The number of pyridine rings is 1. The van der Waals surface area contributed by atoms with Gasteiger partial charge < -0.3 is 10.4 Å². The number of aryl methyl sites for hydroxylation is 1. The standard InChI is InChI=1S/C13H18N2O3/c1-10-6-7-14-8-11(10)9-15-12(16)4-2-3-5-13(17)18/h6-8H,2-5,9H2,1H3,(H,15,16)(H,17,18). The van der Waals surface area contributed by atoms with Crippen LogP contribution in [0.3, 0.4) is 0 Å². The summed E-state index contributed by atoms with van der Waals surface area (Å²) in [5.41, 5.74) is 2.09. The van der Waals surface area contributed by atoms with E-state index in [1.807, 2.05) is 13.0 Å². The van der Waals surface area contributed by atoms with Gasteiger partial charge in [-0.3, -0.25) is 14.6 Å². The van der Waals surface area contributed by atoms with E-state index < -0.39 is 5.97 Å². The smallest absolute Gasteiger partial charge is 0.303 e. The van der Waals surface area contributed by atoms with Crippen molar-refractivity contribution in [3.63, 3.8) is 0 Å². The predicted octanol–water partition coefficient (Wildman–Crippen LogP) is 1.65. The summed E-state index contributed by atoms with van der Waals surface area (Å²) in [6.07, 6.45) is 5.08. The summed E-state index contributed by atoms with van der Waals surface area (Å²) in [4.78, 5) is 25.8. The summed E-state index contributed by atoms with van der Waals surface area (Å²) < 4.78 is 0. The molecular formula is C13H18N2O3. The average molecular weight is 250 g/mol. The molecule has 0 bridgehead atoms. The van der Waals surface area contributed by atoms with Crippen LogP contribution in [0.4, 0.5) is 0 Å². The molecule has 98 valence electrons. The van der Waals surface area contributed by atoms with Gasteiger partial charge in [-0.15, -0.1) is 0 Å². The first-order chi connectivity index (χ1) is 8.59. The third-order valence-corrected chi connectivity index (χ3v) is 2.67. The van der Waals surface area contributed by atoms with E-state index in [4.69, 9.17) is 5.11 Å². The Morgan fingerprint density at radius 1 is 1.33 bits per heavy atom. The molecule has 0 fully saturated rings. The molecule has 5 nitrogen and oxygen atoms in total. The highest BCUT2D eigenvalue weighted by Gasteiger charge is 2.04. The first-order valence-corrected chi connectivity index (χ1v) is 5.97. The number of carboxylic acid groups (broad SMARTS) is 1. The van der Waals surface area contributed by atoms with E-state index in [1.165, 1.54) is 0 Å². The second-order valence-electron chi connectivity index (χ2n) is 4.18. The number of aromatic nitrogens is 1. The molecule has 0 radical (unpaired) electrons. The van der Waals surface area contributed by atoms with Gasteiger partial charge in [-0.2, -0.15) is 0 Å². The van der Waals surface area contributed by atoms with Crippen molar-refractivity contribution < 1.29 is 14.7 Å². The molecule has 0 unspecified atom stereocenters. The number of carboxylic acids is 1. The van der Waals surface area contributed by atoms with Gasteiger partial charge in [0.25, 0.3) is 0 Å². The van der Waals surface area contributed by atoms with Gasteiger partial charge in [0.15, 0.2) is 0 Å². The van der Waals surface area contributed by atoms with Crippen LogP contribution in [0.2, 0.25) is 0 Å². The van der Waals surface area contributed by atoms with E-state index in [0.29, 0.717) is 25.8 Å². The summed E-state index contributed by atoms with van der Waals surface area (Å²) in [5.74, 6) is -0.870. The zero-order valence-electron chi connectivity index (χ0n) is 10.5. The van der Waals surface area contributed by atoms with Crippen molar-refractivity contribution in [2.24, 2.45) is 0 Å². The lowest BCUT2D eigenvalue weighted by Crippen LogP contribution is -2.22. The molecule has 1 amide bonds. The zero-order chi connectivity index (χ0) is 13.4. The molecule has 0 saturated heterocycles. The van der Waals surface area contributed by atoms with Crippen LogP contribution >= 0.6 is 0 Å². The molecule has 0 aromatic carbocycles. The maximum absolute atomic E-state index is 11.5. The van der Waals surface area contributed by atoms with Crippen molar-refractivity contribution in [3.8, 4) is 0 Å². The Balaban J connectivity index is 2.21. The zero-order valence-corrected chi connectivity index (χ0v) is 10.5. The van der Waals surface area contributed by atoms with Crippen LogP contribution in [-0.4, -0.2) is 22.0 Å². The maximum atomic E-state index is 11.5. The van der Waals surface area contributed by atoms with Crippen LogP contribution in [-0.2, 0) is 16.1 Å². The second-order valence-corrected chi connectivity index (χ2v) is 4.18. The molecule has 0 spiro atoms. The third-order valence-electron chi connectivity index (χ3n) is 2.67. The Morgan fingerprint density at radius 2 is 2.06 bits per heavy atom. The number of unbranched alkanes of at least 4 members (excludes halogenated alkanes) is 1. The van der Waals surface area contributed by atoms with Crippen molar-refractivity contribution in [3.05, 3.63) is 29.6 Å². The van der Waals surface area contributed by atoms with Crippen molar-refractivity contribution in [2.75, 3.05) is 0 Å². The number of hydrogen-bond acceptors (Lipinski definition) is 3. The lowest BCUT2D eigenvalue weighted by atomic mass is 10.1. The number of rotatable bonds is 7. The van der Waals surface area contributed by atoms with Gasteiger partial charge in [-0.25, -0.2) is 0 Å². The number of amides is 1. The number of nitrogens with one attached hydrogen (secondary N) is 1. The summed E-state index contributed by atoms with van der Waals surface area (Å²) in [5, 5.41) is 11.3.